The standard InChI is InChI=1S/C26H28ClNO7/c1-12-13-6-7-15-24-11-34-26(33,19(31)17(24)23(2,3)9-8-16(24)29)25(15,18(12)30)20(13)35-22(32)14-5-4-10-28-21(14)27/h4-5,10,13,15,17,19-20,31,33H,1,6-9,11H2,2-3H3/t13-,15-,17+,19-,20+,24+,25-,26-/m0/s1. The lowest BCUT2D eigenvalue weighted by Gasteiger charge is -2.72. The van der Waals surface area contributed by atoms with Gasteiger partial charge in [0, 0.05) is 24.5 Å². The predicted octanol–water partition coefficient (Wildman–Crippen LogP) is 2.50. The summed E-state index contributed by atoms with van der Waals surface area (Å²) < 4.78 is 11.9. The van der Waals surface area contributed by atoms with Crippen LogP contribution in [-0.4, -0.2) is 57.3 Å². The van der Waals surface area contributed by atoms with Crippen molar-refractivity contribution in [3.8, 4) is 0 Å². The minimum Gasteiger partial charge on any atom is -0.457 e. The zero-order valence-electron chi connectivity index (χ0n) is 19.6. The number of fused-ring (bicyclic) bond motifs is 2. The van der Waals surface area contributed by atoms with E-state index in [1.807, 2.05) is 13.8 Å². The van der Waals surface area contributed by atoms with Crippen molar-refractivity contribution in [3.05, 3.63) is 41.2 Å². The van der Waals surface area contributed by atoms with Gasteiger partial charge in [0.1, 0.15) is 28.6 Å². The van der Waals surface area contributed by atoms with Gasteiger partial charge in [-0.1, -0.05) is 32.0 Å². The summed E-state index contributed by atoms with van der Waals surface area (Å²) in [5.41, 5.74) is -3.25. The van der Waals surface area contributed by atoms with Gasteiger partial charge in [-0.15, -0.1) is 0 Å². The molecule has 1 aromatic heterocycles. The van der Waals surface area contributed by atoms with Crippen LogP contribution in [0.3, 0.4) is 0 Å². The van der Waals surface area contributed by atoms with Crippen molar-refractivity contribution in [1.82, 2.24) is 4.98 Å². The van der Waals surface area contributed by atoms with E-state index in [9.17, 15) is 24.6 Å². The summed E-state index contributed by atoms with van der Waals surface area (Å²) >= 11 is 6.12. The molecule has 2 N–H and O–H groups in total. The van der Waals surface area contributed by atoms with Crippen LogP contribution in [0.1, 0.15) is 49.9 Å². The number of hydrogen-bond donors (Lipinski definition) is 2. The first-order chi connectivity index (χ1) is 16.4. The summed E-state index contributed by atoms with van der Waals surface area (Å²) in [4.78, 5) is 44.9. The summed E-state index contributed by atoms with van der Waals surface area (Å²) in [5, 5.41) is 23.8. The number of pyridine rings is 1. The SMILES string of the molecule is C=C1C(=O)[C@]23[C@H](OC(=O)c4cccnc4Cl)[C@H]1CC[C@H]2[C@@]12CO[C@@]3(O)[C@@H](O)[C@@H]1C(C)(C)CCC2=O. The van der Waals surface area contributed by atoms with Crippen molar-refractivity contribution in [2.24, 2.45) is 34.0 Å². The van der Waals surface area contributed by atoms with Gasteiger partial charge in [-0.25, -0.2) is 9.78 Å². The second-order valence-electron chi connectivity index (χ2n) is 11.5. The Bertz CT molecular complexity index is 1200. The van der Waals surface area contributed by atoms with E-state index in [4.69, 9.17) is 21.1 Å². The summed E-state index contributed by atoms with van der Waals surface area (Å²) in [6.07, 6.45) is 0.513. The molecule has 7 rings (SSSR count). The van der Waals surface area contributed by atoms with Gasteiger partial charge in [0.25, 0.3) is 0 Å². The van der Waals surface area contributed by atoms with Crippen LogP contribution in [0, 0.1) is 34.0 Å². The summed E-state index contributed by atoms with van der Waals surface area (Å²) in [7, 11) is 0. The van der Waals surface area contributed by atoms with Crippen LogP contribution in [0.15, 0.2) is 30.5 Å². The van der Waals surface area contributed by atoms with Crippen molar-refractivity contribution in [2.45, 2.75) is 57.5 Å². The van der Waals surface area contributed by atoms with E-state index >= 15 is 0 Å². The van der Waals surface area contributed by atoms with Crippen molar-refractivity contribution in [2.75, 3.05) is 6.61 Å². The zero-order chi connectivity index (χ0) is 25.1. The first-order valence-corrected chi connectivity index (χ1v) is 12.4. The number of rotatable bonds is 2. The smallest absolute Gasteiger partial charge is 0.341 e. The lowest BCUT2D eigenvalue weighted by molar-refractivity contribution is -0.436. The van der Waals surface area contributed by atoms with Crippen molar-refractivity contribution < 1.29 is 34.1 Å². The quantitative estimate of drug-likeness (QED) is 0.360. The number of ether oxygens (including phenoxy) is 2. The molecule has 2 spiro atoms. The lowest BCUT2D eigenvalue weighted by Crippen LogP contribution is -2.85. The van der Waals surface area contributed by atoms with E-state index < -0.39 is 63.7 Å². The van der Waals surface area contributed by atoms with Crippen LogP contribution in [0.4, 0.5) is 0 Å². The third-order valence-electron chi connectivity index (χ3n) is 9.83. The molecule has 1 aromatic rings. The fourth-order valence-corrected chi connectivity index (χ4v) is 8.68. The van der Waals surface area contributed by atoms with Gasteiger partial charge >= 0.3 is 5.97 Å². The molecule has 8 atom stereocenters. The Kier molecular flexibility index (Phi) is 4.66. The van der Waals surface area contributed by atoms with E-state index in [0.717, 1.165) is 0 Å². The number of aromatic nitrogens is 1. The Morgan fingerprint density at radius 1 is 1.31 bits per heavy atom. The number of carbonyl (C=O) groups excluding carboxylic acids is 3. The maximum Gasteiger partial charge on any atom is 0.341 e. The van der Waals surface area contributed by atoms with Gasteiger partial charge in [-0.05, 0) is 48.3 Å². The zero-order valence-corrected chi connectivity index (χ0v) is 20.4. The van der Waals surface area contributed by atoms with Crippen LogP contribution in [0.5, 0.6) is 0 Å². The van der Waals surface area contributed by atoms with Crippen LogP contribution < -0.4 is 0 Å². The van der Waals surface area contributed by atoms with E-state index in [1.54, 1.807) is 6.07 Å². The summed E-state index contributed by atoms with van der Waals surface area (Å²) in [6.45, 7) is 7.87. The van der Waals surface area contributed by atoms with Crippen LogP contribution in [0.2, 0.25) is 5.15 Å². The third kappa shape index (κ3) is 2.44. The number of ketones is 2. The fourth-order valence-electron chi connectivity index (χ4n) is 8.48. The molecule has 186 valence electrons. The Labute approximate surface area is 207 Å². The molecule has 4 saturated carbocycles. The van der Waals surface area contributed by atoms with Gasteiger partial charge < -0.3 is 19.7 Å². The maximum atomic E-state index is 14.0. The van der Waals surface area contributed by atoms with Crippen molar-refractivity contribution in [1.29, 1.82) is 0 Å². The van der Waals surface area contributed by atoms with E-state index in [-0.39, 0.29) is 28.7 Å². The minimum absolute atomic E-state index is 0.0190. The van der Waals surface area contributed by atoms with Crippen LogP contribution in [0.25, 0.3) is 0 Å². The molecular weight excluding hydrogens is 474 g/mol. The molecule has 8 nitrogen and oxygen atoms in total. The second-order valence-corrected chi connectivity index (χ2v) is 11.8. The molecule has 4 bridgehead atoms. The topological polar surface area (TPSA) is 123 Å². The van der Waals surface area contributed by atoms with Crippen molar-refractivity contribution in [3.63, 3.8) is 0 Å². The largest absolute Gasteiger partial charge is 0.457 e. The highest BCUT2D eigenvalue weighted by molar-refractivity contribution is 6.32. The maximum absolute atomic E-state index is 14.0. The molecular formula is C26H28ClNO7. The van der Waals surface area contributed by atoms with Gasteiger partial charge in [-0.2, -0.15) is 0 Å². The van der Waals surface area contributed by atoms with Gasteiger partial charge in [0.05, 0.1) is 17.6 Å². The van der Waals surface area contributed by atoms with E-state index in [1.165, 1.54) is 12.3 Å². The van der Waals surface area contributed by atoms with E-state index in [0.29, 0.717) is 25.7 Å². The number of carbonyl (C=O) groups is 3. The molecule has 6 fully saturated rings. The van der Waals surface area contributed by atoms with E-state index in [2.05, 4.69) is 11.6 Å². The average Bonchev–Trinajstić information content (AvgIpc) is 2.93. The normalized spacial score (nSPS) is 45.2. The van der Waals surface area contributed by atoms with Crippen LogP contribution >= 0.6 is 11.6 Å². The molecule has 0 radical (unpaired) electrons. The molecule has 6 aliphatic rings. The van der Waals surface area contributed by atoms with Crippen LogP contribution in [-0.2, 0) is 19.1 Å². The molecule has 9 heteroatoms. The number of aliphatic hydroxyl groups excluding tert-OH is 1. The number of aliphatic hydroxyl groups is 2. The lowest BCUT2D eigenvalue weighted by atomic mass is 9.36. The third-order valence-corrected chi connectivity index (χ3v) is 10.1. The molecule has 35 heavy (non-hydrogen) atoms. The number of esters is 1. The molecule has 2 aliphatic heterocycles. The molecule has 0 amide bonds. The Morgan fingerprint density at radius 3 is 2.77 bits per heavy atom. The Balaban J connectivity index is 1.55. The number of nitrogens with zero attached hydrogens (tertiary/aromatic N) is 1. The number of Topliss-reactive ketones (excluding diaryl/α,β-unsaturated/α-hetero) is 2. The Hall–Kier alpha value is -2.13. The molecule has 4 aliphatic carbocycles. The van der Waals surface area contributed by atoms with Gasteiger partial charge in [0.2, 0.25) is 5.79 Å². The van der Waals surface area contributed by atoms with Crippen molar-refractivity contribution >= 4 is 29.1 Å². The first kappa shape index (κ1) is 23.3. The molecule has 0 aromatic carbocycles. The number of halogens is 1. The Morgan fingerprint density at radius 2 is 2.06 bits per heavy atom. The monoisotopic (exact) mass is 501 g/mol. The summed E-state index contributed by atoms with van der Waals surface area (Å²) in [5.74, 6) is -5.56. The highest BCUT2D eigenvalue weighted by Crippen LogP contribution is 2.76. The average molecular weight is 502 g/mol. The minimum atomic E-state index is -2.34. The second kappa shape index (κ2) is 7.00. The molecule has 3 heterocycles. The van der Waals surface area contributed by atoms with Gasteiger partial charge in [0.15, 0.2) is 5.78 Å². The first-order valence-electron chi connectivity index (χ1n) is 12.1. The number of hydrogen-bond acceptors (Lipinski definition) is 8. The molecule has 2 saturated heterocycles. The highest BCUT2D eigenvalue weighted by atomic mass is 35.5. The summed E-state index contributed by atoms with van der Waals surface area (Å²) in [6, 6.07) is 3.00. The van der Waals surface area contributed by atoms with Gasteiger partial charge in [-0.3, -0.25) is 9.59 Å². The molecule has 0 unspecified atom stereocenters. The predicted molar refractivity (Wildman–Crippen MR) is 122 cm³/mol. The highest BCUT2D eigenvalue weighted by Gasteiger charge is 2.88. The fraction of sp³-hybridized carbons (Fsp3) is 0.615.